The van der Waals surface area contributed by atoms with E-state index in [0.717, 1.165) is 0 Å². The SMILES string of the molecule is [CH2]CO[PH](=O)OCCCO. The highest BCUT2D eigenvalue weighted by atomic mass is 31.1. The summed E-state index contributed by atoms with van der Waals surface area (Å²) in [6.45, 7) is 3.79. The minimum Gasteiger partial charge on any atom is -0.396 e. The lowest BCUT2D eigenvalue weighted by atomic mass is 10.5. The van der Waals surface area contributed by atoms with E-state index >= 15 is 0 Å². The second kappa shape index (κ2) is 7.22. The second-order valence-corrected chi connectivity index (χ2v) is 2.60. The van der Waals surface area contributed by atoms with Gasteiger partial charge in [0, 0.05) is 6.61 Å². The molecule has 10 heavy (non-hydrogen) atoms. The summed E-state index contributed by atoms with van der Waals surface area (Å²) >= 11 is 0. The fourth-order valence-corrected chi connectivity index (χ4v) is 0.906. The fraction of sp³-hybridized carbons (Fsp3) is 0.800. The van der Waals surface area contributed by atoms with Gasteiger partial charge in [0.05, 0.1) is 13.2 Å². The van der Waals surface area contributed by atoms with Crippen LogP contribution >= 0.6 is 8.25 Å². The van der Waals surface area contributed by atoms with Crippen molar-refractivity contribution in [2.45, 2.75) is 6.42 Å². The van der Waals surface area contributed by atoms with Gasteiger partial charge in [-0.2, -0.15) is 0 Å². The predicted molar refractivity (Wildman–Crippen MR) is 38.0 cm³/mol. The molecule has 0 heterocycles. The van der Waals surface area contributed by atoms with Crippen LogP contribution in [0.2, 0.25) is 0 Å². The third-order valence-electron chi connectivity index (χ3n) is 0.742. The first-order valence-corrected chi connectivity index (χ1v) is 4.23. The molecular weight excluding hydrogens is 155 g/mol. The lowest BCUT2D eigenvalue weighted by Gasteiger charge is -2.00. The van der Waals surface area contributed by atoms with Crippen molar-refractivity contribution in [1.82, 2.24) is 0 Å². The van der Waals surface area contributed by atoms with Gasteiger partial charge < -0.3 is 14.2 Å². The third-order valence-corrected chi connectivity index (χ3v) is 1.62. The maximum Gasteiger partial charge on any atom is 0.319 e. The van der Waals surface area contributed by atoms with Gasteiger partial charge in [0.1, 0.15) is 0 Å². The van der Waals surface area contributed by atoms with Crippen LogP contribution in [0, 0.1) is 6.92 Å². The Morgan fingerprint density at radius 3 is 2.70 bits per heavy atom. The molecule has 61 valence electrons. The number of aliphatic hydroxyl groups is 1. The molecule has 0 saturated heterocycles. The van der Waals surface area contributed by atoms with E-state index in [1.165, 1.54) is 0 Å². The van der Waals surface area contributed by atoms with Gasteiger partial charge in [0.15, 0.2) is 0 Å². The molecule has 5 heteroatoms. The molecule has 0 fully saturated rings. The van der Waals surface area contributed by atoms with Crippen LogP contribution in [0.3, 0.4) is 0 Å². The molecule has 1 radical (unpaired) electrons. The first-order valence-electron chi connectivity index (χ1n) is 3.01. The Kier molecular flexibility index (Phi) is 7.30. The van der Waals surface area contributed by atoms with Gasteiger partial charge in [0.25, 0.3) is 0 Å². The molecule has 0 bridgehead atoms. The van der Waals surface area contributed by atoms with Crippen LogP contribution in [0.25, 0.3) is 0 Å². The molecule has 1 atom stereocenters. The Hall–Kier alpha value is 0.110. The second-order valence-electron chi connectivity index (χ2n) is 1.52. The fourth-order valence-electron chi connectivity index (χ4n) is 0.345. The predicted octanol–water partition coefficient (Wildman–Crippen LogP) is 0.626. The van der Waals surface area contributed by atoms with E-state index in [9.17, 15) is 4.57 Å². The third kappa shape index (κ3) is 6.23. The van der Waals surface area contributed by atoms with Crippen molar-refractivity contribution in [1.29, 1.82) is 0 Å². The van der Waals surface area contributed by atoms with Gasteiger partial charge in [-0.05, 0) is 13.3 Å². The number of hydrogen-bond acceptors (Lipinski definition) is 4. The van der Waals surface area contributed by atoms with E-state index in [1.54, 1.807) is 0 Å². The molecule has 0 amide bonds. The summed E-state index contributed by atoms with van der Waals surface area (Å²) in [6, 6.07) is 0. The Bertz CT molecular complexity index is 95.6. The van der Waals surface area contributed by atoms with Crippen molar-refractivity contribution in [3.63, 3.8) is 0 Å². The highest BCUT2D eigenvalue weighted by molar-refractivity contribution is 7.33. The zero-order valence-electron chi connectivity index (χ0n) is 5.71. The van der Waals surface area contributed by atoms with Crippen molar-refractivity contribution in [2.24, 2.45) is 0 Å². The van der Waals surface area contributed by atoms with Gasteiger partial charge in [-0.25, -0.2) is 0 Å². The van der Waals surface area contributed by atoms with Crippen molar-refractivity contribution in [2.75, 3.05) is 19.8 Å². The molecule has 0 spiro atoms. The highest BCUT2D eigenvalue weighted by Gasteiger charge is 1.95. The Morgan fingerprint density at radius 1 is 1.50 bits per heavy atom. The van der Waals surface area contributed by atoms with Crippen molar-refractivity contribution >= 4 is 8.25 Å². The Balaban J connectivity index is 3.05. The van der Waals surface area contributed by atoms with Gasteiger partial charge >= 0.3 is 8.25 Å². The Labute approximate surface area is 61.1 Å². The standard InChI is InChI=1S/C5H12O4P/c1-2-8-10(7)9-5-3-4-6/h6,10H,1-5H2. The summed E-state index contributed by atoms with van der Waals surface area (Å²) in [5.74, 6) is 0. The van der Waals surface area contributed by atoms with Crippen LogP contribution in [-0.2, 0) is 13.6 Å². The van der Waals surface area contributed by atoms with E-state index < -0.39 is 8.25 Å². The lowest BCUT2D eigenvalue weighted by molar-refractivity contribution is 0.208. The normalized spacial score (nSPS) is 13.4. The molecule has 0 aliphatic rings. The summed E-state index contributed by atoms with van der Waals surface area (Å²) in [5.41, 5.74) is 0. The van der Waals surface area contributed by atoms with Gasteiger partial charge in [-0.1, -0.05) is 0 Å². The monoisotopic (exact) mass is 167 g/mol. The summed E-state index contributed by atoms with van der Waals surface area (Å²) in [4.78, 5) is 0. The summed E-state index contributed by atoms with van der Waals surface area (Å²) < 4.78 is 19.7. The first-order chi connectivity index (χ1) is 4.81. The van der Waals surface area contributed by atoms with Crippen molar-refractivity contribution in [3.05, 3.63) is 6.92 Å². The van der Waals surface area contributed by atoms with Crippen LogP contribution in [0.5, 0.6) is 0 Å². The van der Waals surface area contributed by atoms with Crippen molar-refractivity contribution < 1.29 is 18.7 Å². The molecule has 0 aromatic rings. The summed E-state index contributed by atoms with van der Waals surface area (Å²) in [5, 5.41) is 8.29. The van der Waals surface area contributed by atoms with Gasteiger partial charge in [-0.3, -0.25) is 4.57 Å². The topological polar surface area (TPSA) is 55.8 Å². The summed E-state index contributed by atoms with van der Waals surface area (Å²) in [6.07, 6.45) is 0.483. The molecule has 1 N–H and O–H groups in total. The molecule has 4 nitrogen and oxygen atoms in total. The zero-order valence-corrected chi connectivity index (χ0v) is 6.71. The molecule has 0 aliphatic carbocycles. The number of aliphatic hydroxyl groups excluding tert-OH is 1. The maximum absolute atomic E-state index is 10.5. The zero-order chi connectivity index (χ0) is 7.82. The quantitative estimate of drug-likeness (QED) is 0.465. The van der Waals surface area contributed by atoms with Gasteiger partial charge in [-0.15, -0.1) is 0 Å². The molecule has 0 rings (SSSR count). The largest absolute Gasteiger partial charge is 0.396 e. The molecular formula is C5H12O4P. The number of hydrogen-bond donors (Lipinski definition) is 1. The van der Waals surface area contributed by atoms with E-state index in [1.807, 2.05) is 0 Å². The van der Waals surface area contributed by atoms with E-state index in [-0.39, 0.29) is 19.8 Å². The lowest BCUT2D eigenvalue weighted by Crippen LogP contribution is -1.91. The van der Waals surface area contributed by atoms with Crippen LogP contribution < -0.4 is 0 Å². The molecule has 0 saturated carbocycles. The van der Waals surface area contributed by atoms with E-state index in [4.69, 9.17) is 5.11 Å². The number of rotatable bonds is 6. The average Bonchev–Trinajstić information content (AvgIpc) is 1.89. The first kappa shape index (κ1) is 10.1. The van der Waals surface area contributed by atoms with Crippen LogP contribution in [-0.4, -0.2) is 24.9 Å². The van der Waals surface area contributed by atoms with Gasteiger partial charge in [0.2, 0.25) is 0 Å². The maximum atomic E-state index is 10.5. The minimum atomic E-state index is -2.34. The van der Waals surface area contributed by atoms with E-state index in [2.05, 4.69) is 16.0 Å². The molecule has 0 aromatic carbocycles. The highest BCUT2D eigenvalue weighted by Crippen LogP contribution is 2.22. The molecule has 0 aliphatic heterocycles. The van der Waals surface area contributed by atoms with E-state index in [0.29, 0.717) is 6.42 Å². The summed E-state index contributed by atoms with van der Waals surface area (Å²) in [7, 11) is -2.34. The van der Waals surface area contributed by atoms with Crippen molar-refractivity contribution in [3.8, 4) is 0 Å². The molecule has 0 aromatic heterocycles. The minimum absolute atomic E-state index is 0.0412. The van der Waals surface area contributed by atoms with Crippen LogP contribution in [0.15, 0.2) is 0 Å². The Morgan fingerprint density at radius 2 is 2.20 bits per heavy atom. The average molecular weight is 167 g/mol. The smallest absolute Gasteiger partial charge is 0.319 e. The molecule has 1 unspecified atom stereocenters. The van der Waals surface area contributed by atoms with Crippen LogP contribution in [0.4, 0.5) is 0 Å². The van der Waals surface area contributed by atoms with Crippen LogP contribution in [0.1, 0.15) is 6.42 Å².